The van der Waals surface area contributed by atoms with Gasteiger partial charge in [-0.1, -0.05) is 0 Å². The van der Waals surface area contributed by atoms with E-state index in [0.29, 0.717) is 0 Å². The molecule has 1 unspecified atom stereocenters. The van der Waals surface area contributed by atoms with Crippen LogP contribution in [0.25, 0.3) is 11.0 Å². The minimum atomic E-state index is 0.817. The summed E-state index contributed by atoms with van der Waals surface area (Å²) < 4.78 is 2.33. The van der Waals surface area contributed by atoms with Crippen molar-refractivity contribution in [3.8, 4) is 0 Å². The first kappa shape index (κ1) is 12.6. The third-order valence-electron chi connectivity index (χ3n) is 4.12. The topological polar surface area (TPSA) is 42.7 Å². The molecule has 19 heavy (non-hydrogen) atoms. The fourth-order valence-electron chi connectivity index (χ4n) is 3.08. The molecule has 4 heteroatoms. The van der Waals surface area contributed by atoms with Gasteiger partial charge in [-0.05, 0) is 51.3 Å². The third-order valence-corrected chi connectivity index (χ3v) is 4.12. The highest BCUT2D eigenvalue weighted by Gasteiger charge is 2.15. The predicted molar refractivity (Wildman–Crippen MR) is 77.1 cm³/mol. The normalized spacial score (nSPS) is 19.9. The monoisotopic (exact) mass is 258 g/mol. The van der Waals surface area contributed by atoms with Gasteiger partial charge in [0, 0.05) is 19.2 Å². The summed E-state index contributed by atoms with van der Waals surface area (Å²) in [5, 5.41) is 3.49. The zero-order valence-electron chi connectivity index (χ0n) is 11.6. The van der Waals surface area contributed by atoms with Crippen LogP contribution < -0.4 is 5.32 Å². The van der Waals surface area contributed by atoms with Gasteiger partial charge in [-0.2, -0.15) is 0 Å². The van der Waals surface area contributed by atoms with Gasteiger partial charge in [-0.3, -0.25) is 4.98 Å². The Morgan fingerprint density at radius 1 is 1.47 bits per heavy atom. The first-order valence-corrected chi connectivity index (χ1v) is 7.38. The third kappa shape index (κ3) is 2.63. The molecule has 1 N–H and O–H groups in total. The first-order valence-electron chi connectivity index (χ1n) is 7.38. The van der Waals surface area contributed by atoms with Crippen LogP contribution in [0.3, 0.4) is 0 Å². The molecule has 0 saturated carbocycles. The molecule has 1 atom stereocenters. The van der Waals surface area contributed by atoms with Crippen molar-refractivity contribution in [3.05, 3.63) is 24.3 Å². The van der Waals surface area contributed by atoms with Crippen molar-refractivity contribution in [2.45, 2.75) is 39.2 Å². The van der Waals surface area contributed by atoms with E-state index in [-0.39, 0.29) is 0 Å². The molecule has 0 bridgehead atoms. The largest absolute Gasteiger partial charge is 0.328 e. The highest BCUT2D eigenvalue weighted by Crippen LogP contribution is 2.20. The van der Waals surface area contributed by atoms with Crippen molar-refractivity contribution >= 4 is 11.0 Å². The molecular weight excluding hydrogens is 236 g/mol. The Bertz CT molecular complexity index is 540. The molecule has 0 aromatic carbocycles. The number of nitrogens with zero attached hydrogens (tertiary/aromatic N) is 3. The van der Waals surface area contributed by atoms with Crippen LogP contribution in [0.1, 0.15) is 32.0 Å². The Labute approximate surface area is 114 Å². The van der Waals surface area contributed by atoms with Gasteiger partial charge in [0.15, 0.2) is 0 Å². The van der Waals surface area contributed by atoms with Gasteiger partial charge >= 0.3 is 0 Å². The van der Waals surface area contributed by atoms with Crippen LogP contribution in [-0.4, -0.2) is 27.6 Å². The lowest BCUT2D eigenvalue weighted by molar-refractivity contribution is 0.355. The van der Waals surface area contributed by atoms with E-state index in [0.717, 1.165) is 24.4 Å². The summed E-state index contributed by atoms with van der Waals surface area (Å²) in [5.74, 6) is 2.04. The van der Waals surface area contributed by atoms with E-state index in [1.54, 1.807) is 0 Å². The molecule has 3 heterocycles. The van der Waals surface area contributed by atoms with Crippen LogP contribution in [0.4, 0.5) is 0 Å². The van der Waals surface area contributed by atoms with Gasteiger partial charge in [-0.15, -0.1) is 0 Å². The van der Waals surface area contributed by atoms with Gasteiger partial charge in [-0.25, -0.2) is 4.98 Å². The lowest BCUT2D eigenvalue weighted by Gasteiger charge is -2.22. The Hall–Kier alpha value is -1.42. The van der Waals surface area contributed by atoms with E-state index < -0.39 is 0 Å². The first-order chi connectivity index (χ1) is 9.38. The molecule has 2 aromatic heterocycles. The lowest BCUT2D eigenvalue weighted by Crippen LogP contribution is -2.30. The number of fused-ring (bicyclic) bond motifs is 1. The van der Waals surface area contributed by atoms with E-state index in [1.165, 1.54) is 43.7 Å². The van der Waals surface area contributed by atoms with E-state index in [1.807, 2.05) is 12.4 Å². The molecule has 0 spiro atoms. The maximum absolute atomic E-state index is 4.75. The maximum atomic E-state index is 4.75. The van der Waals surface area contributed by atoms with Gasteiger partial charge in [0.25, 0.3) is 0 Å². The summed E-state index contributed by atoms with van der Waals surface area (Å²) in [7, 11) is 0. The van der Waals surface area contributed by atoms with E-state index in [9.17, 15) is 0 Å². The van der Waals surface area contributed by atoms with Gasteiger partial charge in [0.2, 0.25) is 0 Å². The van der Waals surface area contributed by atoms with Gasteiger partial charge < -0.3 is 9.88 Å². The summed E-state index contributed by atoms with van der Waals surface area (Å²) in [6.07, 6.45) is 8.72. The minimum absolute atomic E-state index is 0.817. The number of hydrogen-bond acceptors (Lipinski definition) is 3. The molecule has 3 rings (SSSR count). The zero-order chi connectivity index (χ0) is 13.1. The summed E-state index contributed by atoms with van der Waals surface area (Å²) in [6, 6.07) is 2.07. The molecule has 1 aliphatic rings. The van der Waals surface area contributed by atoms with E-state index in [4.69, 9.17) is 4.98 Å². The molecule has 1 aliphatic heterocycles. The lowest BCUT2D eigenvalue weighted by atomic mass is 9.94. The predicted octanol–water partition coefficient (Wildman–Crippen LogP) is 2.38. The summed E-state index contributed by atoms with van der Waals surface area (Å²) in [6.45, 7) is 5.54. The maximum Gasteiger partial charge on any atom is 0.109 e. The highest BCUT2D eigenvalue weighted by molar-refractivity contribution is 5.74. The average Bonchev–Trinajstić information content (AvgIpc) is 2.83. The standard InChI is InChI=1S/C15H22N4/c1-2-19-14-7-9-17-11-13(14)18-15(19)6-5-12-4-3-8-16-10-12/h7,9,11-12,16H,2-6,8,10H2,1H3. The van der Waals surface area contributed by atoms with Crippen molar-refractivity contribution < 1.29 is 0 Å². The van der Waals surface area contributed by atoms with Gasteiger partial charge in [0.1, 0.15) is 11.3 Å². The number of aryl methyl sites for hydroxylation is 2. The second-order valence-corrected chi connectivity index (χ2v) is 5.39. The zero-order valence-corrected chi connectivity index (χ0v) is 11.6. The van der Waals surface area contributed by atoms with Gasteiger partial charge in [0.05, 0.1) is 11.7 Å². The van der Waals surface area contributed by atoms with Crippen LogP contribution in [0.15, 0.2) is 18.5 Å². The van der Waals surface area contributed by atoms with Crippen molar-refractivity contribution in [3.63, 3.8) is 0 Å². The van der Waals surface area contributed by atoms with Crippen LogP contribution >= 0.6 is 0 Å². The number of piperidine rings is 1. The number of imidazole rings is 1. The highest BCUT2D eigenvalue weighted by atomic mass is 15.1. The van der Waals surface area contributed by atoms with E-state index >= 15 is 0 Å². The van der Waals surface area contributed by atoms with Crippen molar-refractivity contribution in [2.75, 3.05) is 13.1 Å². The summed E-state index contributed by atoms with van der Waals surface area (Å²) in [5.41, 5.74) is 2.25. The van der Waals surface area contributed by atoms with E-state index in [2.05, 4.69) is 27.9 Å². The Kier molecular flexibility index (Phi) is 3.78. The number of pyridine rings is 1. The quantitative estimate of drug-likeness (QED) is 0.915. The average molecular weight is 258 g/mol. The Morgan fingerprint density at radius 2 is 2.42 bits per heavy atom. The molecule has 102 valence electrons. The van der Waals surface area contributed by atoms with Crippen LogP contribution in [0, 0.1) is 5.92 Å². The van der Waals surface area contributed by atoms with Crippen molar-refractivity contribution in [1.82, 2.24) is 19.9 Å². The fraction of sp³-hybridized carbons (Fsp3) is 0.600. The molecule has 1 fully saturated rings. The van der Waals surface area contributed by atoms with Crippen molar-refractivity contribution in [2.24, 2.45) is 5.92 Å². The number of rotatable bonds is 4. The molecular formula is C15H22N4. The molecule has 4 nitrogen and oxygen atoms in total. The molecule has 0 aliphatic carbocycles. The van der Waals surface area contributed by atoms with Crippen LogP contribution in [0.5, 0.6) is 0 Å². The van der Waals surface area contributed by atoms with Crippen LogP contribution in [-0.2, 0) is 13.0 Å². The second kappa shape index (κ2) is 5.70. The molecule has 0 amide bonds. The number of nitrogens with one attached hydrogen (secondary N) is 1. The number of aromatic nitrogens is 3. The summed E-state index contributed by atoms with van der Waals surface area (Å²) in [4.78, 5) is 8.91. The smallest absolute Gasteiger partial charge is 0.109 e. The second-order valence-electron chi connectivity index (χ2n) is 5.39. The van der Waals surface area contributed by atoms with Crippen LogP contribution in [0.2, 0.25) is 0 Å². The molecule has 0 radical (unpaired) electrons. The Balaban J connectivity index is 1.76. The molecule has 1 saturated heterocycles. The Morgan fingerprint density at radius 3 is 3.21 bits per heavy atom. The van der Waals surface area contributed by atoms with Crippen molar-refractivity contribution in [1.29, 1.82) is 0 Å². The number of hydrogen-bond donors (Lipinski definition) is 1. The fourth-order valence-corrected chi connectivity index (χ4v) is 3.08. The SMILES string of the molecule is CCn1c(CCC2CCCNC2)nc2cnccc21. The summed E-state index contributed by atoms with van der Waals surface area (Å²) >= 11 is 0. The molecule has 2 aromatic rings. The minimum Gasteiger partial charge on any atom is -0.328 e.